The summed E-state index contributed by atoms with van der Waals surface area (Å²) in [4.78, 5) is 22.8. The standard InChI is InChI=1S/C28H36N4O5/c1-19-16-25(37-24-7-8-29-22-18-27(36-5)26(35-4)17-21(22)24)20(2)15-23(19)32(28(33)34)10-6-9-31-13-11-30(3)12-14-31/h7-8,15-18H,6,9-14H2,1-5H3,(H,33,34). The Labute approximate surface area is 218 Å². The molecule has 0 bridgehead atoms. The van der Waals surface area contributed by atoms with Crippen molar-refractivity contribution in [1.82, 2.24) is 14.8 Å². The molecule has 1 N–H and O–H groups in total. The summed E-state index contributed by atoms with van der Waals surface area (Å²) in [5, 5.41) is 10.8. The molecule has 9 heteroatoms. The first-order valence-corrected chi connectivity index (χ1v) is 12.5. The fraction of sp³-hybridized carbons (Fsp3) is 0.429. The Morgan fingerprint density at radius 2 is 1.68 bits per heavy atom. The van der Waals surface area contributed by atoms with Gasteiger partial charge in [0.25, 0.3) is 0 Å². The molecule has 1 aromatic heterocycles. The fourth-order valence-electron chi connectivity index (χ4n) is 4.67. The molecule has 3 aromatic rings. The number of rotatable bonds is 9. The van der Waals surface area contributed by atoms with Crippen LogP contribution in [0, 0.1) is 13.8 Å². The van der Waals surface area contributed by atoms with Gasteiger partial charge in [-0.2, -0.15) is 0 Å². The van der Waals surface area contributed by atoms with Gasteiger partial charge in [-0.1, -0.05) is 0 Å². The van der Waals surface area contributed by atoms with Gasteiger partial charge < -0.3 is 29.1 Å². The van der Waals surface area contributed by atoms with Crippen molar-refractivity contribution in [2.45, 2.75) is 20.3 Å². The zero-order valence-corrected chi connectivity index (χ0v) is 22.3. The smallest absolute Gasteiger partial charge is 0.411 e. The van der Waals surface area contributed by atoms with Crippen molar-refractivity contribution in [1.29, 1.82) is 0 Å². The molecular formula is C28H36N4O5. The second-order valence-electron chi connectivity index (χ2n) is 9.47. The van der Waals surface area contributed by atoms with Crippen LogP contribution in [0.15, 0.2) is 36.5 Å². The van der Waals surface area contributed by atoms with Gasteiger partial charge in [-0.15, -0.1) is 0 Å². The minimum Gasteiger partial charge on any atom is -0.493 e. The van der Waals surface area contributed by atoms with Crippen molar-refractivity contribution < 1.29 is 24.1 Å². The summed E-state index contributed by atoms with van der Waals surface area (Å²) >= 11 is 0. The van der Waals surface area contributed by atoms with E-state index in [2.05, 4.69) is 21.8 Å². The van der Waals surface area contributed by atoms with E-state index >= 15 is 0 Å². The highest BCUT2D eigenvalue weighted by Crippen LogP contribution is 2.38. The number of anilines is 1. The Kier molecular flexibility index (Phi) is 8.35. The third-order valence-electron chi connectivity index (χ3n) is 6.89. The first-order chi connectivity index (χ1) is 17.8. The summed E-state index contributed by atoms with van der Waals surface area (Å²) in [5.41, 5.74) is 3.08. The molecule has 37 heavy (non-hydrogen) atoms. The highest BCUT2D eigenvalue weighted by Gasteiger charge is 2.20. The Balaban J connectivity index is 1.53. The first-order valence-electron chi connectivity index (χ1n) is 12.5. The maximum absolute atomic E-state index is 12.2. The summed E-state index contributed by atoms with van der Waals surface area (Å²) in [5.74, 6) is 2.47. The van der Waals surface area contributed by atoms with Gasteiger partial charge >= 0.3 is 6.09 Å². The number of carbonyl (C=O) groups is 1. The summed E-state index contributed by atoms with van der Waals surface area (Å²) in [6.07, 6.45) is 1.52. The van der Waals surface area contributed by atoms with Crippen molar-refractivity contribution in [2.24, 2.45) is 0 Å². The minimum absolute atomic E-state index is 0.443. The fourth-order valence-corrected chi connectivity index (χ4v) is 4.67. The van der Waals surface area contributed by atoms with E-state index in [0.717, 1.165) is 61.2 Å². The molecule has 1 amide bonds. The summed E-state index contributed by atoms with van der Waals surface area (Å²) < 4.78 is 17.2. The number of carboxylic acid groups (broad SMARTS) is 1. The number of piperazine rings is 1. The highest BCUT2D eigenvalue weighted by molar-refractivity contribution is 5.89. The predicted octanol–water partition coefficient (Wildman–Crippen LogP) is 4.78. The first kappa shape index (κ1) is 26.5. The van der Waals surface area contributed by atoms with Gasteiger partial charge in [-0.25, -0.2) is 4.79 Å². The van der Waals surface area contributed by atoms with Gasteiger partial charge in [0.1, 0.15) is 11.5 Å². The van der Waals surface area contributed by atoms with Gasteiger partial charge in [0.05, 0.1) is 25.4 Å². The average Bonchev–Trinajstić information content (AvgIpc) is 2.89. The van der Waals surface area contributed by atoms with Crippen molar-refractivity contribution in [3.63, 3.8) is 0 Å². The van der Waals surface area contributed by atoms with Crippen molar-refractivity contribution >= 4 is 22.7 Å². The molecule has 2 aromatic carbocycles. The molecule has 9 nitrogen and oxygen atoms in total. The summed E-state index contributed by atoms with van der Waals surface area (Å²) in [7, 11) is 5.31. The molecule has 0 saturated carbocycles. The normalized spacial score (nSPS) is 14.5. The lowest BCUT2D eigenvalue weighted by molar-refractivity contribution is 0.153. The number of methoxy groups -OCH3 is 2. The maximum atomic E-state index is 12.2. The van der Waals surface area contributed by atoms with Crippen LogP contribution in [0.1, 0.15) is 17.5 Å². The van der Waals surface area contributed by atoms with Crippen LogP contribution in [0.25, 0.3) is 10.9 Å². The quantitative estimate of drug-likeness (QED) is 0.442. The number of pyridine rings is 1. The highest BCUT2D eigenvalue weighted by atomic mass is 16.5. The van der Waals surface area contributed by atoms with E-state index in [1.807, 2.05) is 38.1 Å². The molecule has 0 atom stereocenters. The number of likely N-dealkylation sites (N-methyl/N-ethyl adjacent to an activating group) is 1. The predicted molar refractivity (Wildman–Crippen MR) is 145 cm³/mol. The van der Waals surface area contributed by atoms with Crippen LogP contribution in [0.5, 0.6) is 23.0 Å². The van der Waals surface area contributed by atoms with Crippen LogP contribution in [-0.4, -0.2) is 86.5 Å². The van der Waals surface area contributed by atoms with Crippen LogP contribution in [0.2, 0.25) is 0 Å². The van der Waals surface area contributed by atoms with E-state index in [1.165, 1.54) is 4.90 Å². The number of amides is 1. The number of aromatic nitrogens is 1. The molecule has 1 aliphatic rings. The van der Waals surface area contributed by atoms with Crippen molar-refractivity contribution in [2.75, 3.05) is 65.4 Å². The minimum atomic E-state index is -0.948. The Hall–Kier alpha value is -3.56. The van der Waals surface area contributed by atoms with E-state index in [9.17, 15) is 9.90 Å². The lowest BCUT2D eigenvalue weighted by Gasteiger charge is -2.32. The summed E-state index contributed by atoms with van der Waals surface area (Å²) in [6, 6.07) is 9.25. The molecule has 1 saturated heterocycles. The molecule has 1 aliphatic heterocycles. The molecule has 4 rings (SSSR count). The third-order valence-corrected chi connectivity index (χ3v) is 6.89. The number of nitrogens with zero attached hydrogens (tertiary/aromatic N) is 4. The van der Waals surface area contributed by atoms with Crippen molar-refractivity contribution in [3.05, 3.63) is 47.7 Å². The number of hydrogen-bond donors (Lipinski definition) is 1. The Bertz CT molecular complexity index is 1260. The second-order valence-corrected chi connectivity index (χ2v) is 9.47. The molecular weight excluding hydrogens is 472 g/mol. The van der Waals surface area contributed by atoms with Crippen LogP contribution in [-0.2, 0) is 0 Å². The van der Waals surface area contributed by atoms with Crippen LogP contribution in [0.3, 0.4) is 0 Å². The van der Waals surface area contributed by atoms with Crippen LogP contribution < -0.4 is 19.1 Å². The van der Waals surface area contributed by atoms with E-state index < -0.39 is 6.09 Å². The zero-order chi connectivity index (χ0) is 26.5. The molecule has 0 radical (unpaired) electrons. The topological polar surface area (TPSA) is 87.6 Å². The number of ether oxygens (including phenoxy) is 3. The third kappa shape index (κ3) is 6.06. The van der Waals surface area contributed by atoms with Gasteiger partial charge in [-0.3, -0.25) is 9.88 Å². The number of aryl methyl sites for hydroxylation is 2. The average molecular weight is 509 g/mol. The largest absolute Gasteiger partial charge is 0.493 e. The van der Waals surface area contributed by atoms with Crippen LogP contribution in [0.4, 0.5) is 10.5 Å². The Morgan fingerprint density at radius 1 is 0.973 bits per heavy atom. The monoisotopic (exact) mass is 508 g/mol. The van der Waals surface area contributed by atoms with Gasteiger partial charge in [-0.05, 0) is 69.3 Å². The summed E-state index contributed by atoms with van der Waals surface area (Å²) in [6.45, 7) is 9.32. The molecule has 1 fully saturated rings. The van der Waals surface area contributed by atoms with Gasteiger partial charge in [0.15, 0.2) is 11.5 Å². The Morgan fingerprint density at radius 3 is 2.35 bits per heavy atom. The lowest BCUT2D eigenvalue weighted by Crippen LogP contribution is -2.45. The molecule has 0 aliphatic carbocycles. The molecule has 0 spiro atoms. The number of fused-ring (bicyclic) bond motifs is 1. The molecule has 0 unspecified atom stereocenters. The molecule has 2 heterocycles. The zero-order valence-electron chi connectivity index (χ0n) is 22.3. The molecule has 198 valence electrons. The van der Waals surface area contributed by atoms with E-state index in [4.69, 9.17) is 14.2 Å². The van der Waals surface area contributed by atoms with Crippen LogP contribution >= 0.6 is 0 Å². The number of hydrogen-bond acceptors (Lipinski definition) is 7. The van der Waals surface area contributed by atoms with E-state index in [-0.39, 0.29) is 0 Å². The SMILES string of the molecule is COc1cc2nccc(Oc3cc(C)c(N(CCCN4CCN(C)CC4)C(=O)O)cc3C)c2cc1OC. The van der Waals surface area contributed by atoms with Gasteiger partial charge in [0.2, 0.25) is 0 Å². The van der Waals surface area contributed by atoms with Gasteiger partial charge in [0, 0.05) is 50.4 Å². The van der Waals surface area contributed by atoms with Crippen molar-refractivity contribution in [3.8, 4) is 23.0 Å². The lowest BCUT2D eigenvalue weighted by atomic mass is 10.1. The van der Waals surface area contributed by atoms with E-state index in [1.54, 1.807) is 26.5 Å². The maximum Gasteiger partial charge on any atom is 0.411 e. The number of benzene rings is 2. The van der Waals surface area contributed by atoms with E-state index in [0.29, 0.717) is 35.2 Å². The second kappa shape index (κ2) is 11.7.